The number of nitrogens with two attached hydrogens (primary N) is 1. The van der Waals surface area contributed by atoms with E-state index in [9.17, 15) is 4.39 Å². The molecular formula is C16H18BrFN2. The van der Waals surface area contributed by atoms with E-state index in [4.69, 9.17) is 5.84 Å². The summed E-state index contributed by atoms with van der Waals surface area (Å²) in [4.78, 5) is 0. The first kappa shape index (κ1) is 15.2. The average molecular weight is 337 g/mol. The van der Waals surface area contributed by atoms with E-state index in [1.54, 1.807) is 6.07 Å². The van der Waals surface area contributed by atoms with Gasteiger partial charge in [-0.2, -0.15) is 0 Å². The van der Waals surface area contributed by atoms with Crippen LogP contribution in [-0.2, 0) is 12.8 Å². The molecular weight excluding hydrogens is 319 g/mol. The second-order valence-electron chi connectivity index (χ2n) is 5.00. The van der Waals surface area contributed by atoms with Crippen LogP contribution in [-0.4, -0.2) is 6.04 Å². The fourth-order valence-corrected chi connectivity index (χ4v) is 2.60. The summed E-state index contributed by atoms with van der Waals surface area (Å²) in [5.41, 5.74) is 5.87. The molecule has 1 atom stereocenters. The van der Waals surface area contributed by atoms with Gasteiger partial charge < -0.3 is 0 Å². The van der Waals surface area contributed by atoms with Crippen LogP contribution < -0.4 is 11.3 Å². The lowest BCUT2D eigenvalue weighted by atomic mass is 9.98. The fourth-order valence-electron chi connectivity index (χ4n) is 2.27. The van der Waals surface area contributed by atoms with Crippen molar-refractivity contribution in [3.63, 3.8) is 0 Å². The average Bonchev–Trinajstić information content (AvgIpc) is 2.41. The van der Waals surface area contributed by atoms with Crippen molar-refractivity contribution >= 4 is 15.9 Å². The standard InChI is InChI=1S/C16H18BrFN2/c1-11-3-2-4-12(7-11)8-15(20-19)9-13-5-6-14(17)10-16(13)18/h2-7,10,15,20H,8-9,19H2,1H3. The maximum atomic E-state index is 13.9. The van der Waals surface area contributed by atoms with Crippen molar-refractivity contribution in [2.45, 2.75) is 25.8 Å². The molecule has 0 spiro atoms. The number of hydrogen-bond acceptors (Lipinski definition) is 2. The number of benzene rings is 2. The summed E-state index contributed by atoms with van der Waals surface area (Å²) < 4.78 is 14.6. The normalized spacial score (nSPS) is 12.4. The highest BCUT2D eigenvalue weighted by atomic mass is 79.9. The van der Waals surface area contributed by atoms with Crippen LogP contribution in [0.5, 0.6) is 0 Å². The Balaban J connectivity index is 2.09. The Labute approximate surface area is 127 Å². The van der Waals surface area contributed by atoms with Gasteiger partial charge in [-0.25, -0.2) is 4.39 Å². The zero-order valence-electron chi connectivity index (χ0n) is 11.4. The number of hydrazine groups is 1. The van der Waals surface area contributed by atoms with Crippen molar-refractivity contribution in [3.05, 3.63) is 69.4 Å². The first-order valence-electron chi connectivity index (χ1n) is 6.54. The molecule has 2 aromatic rings. The van der Waals surface area contributed by atoms with Crippen LogP contribution in [0.2, 0.25) is 0 Å². The molecule has 20 heavy (non-hydrogen) atoms. The van der Waals surface area contributed by atoms with E-state index in [2.05, 4.69) is 46.5 Å². The van der Waals surface area contributed by atoms with Crippen molar-refractivity contribution in [3.8, 4) is 0 Å². The van der Waals surface area contributed by atoms with Crippen molar-refractivity contribution in [2.24, 2.45) is 5.84 Å². The molecule has 0 heterocycles. The van der Waals surface area contributed by atoms with Gasteiger partial charge in [-0.1, -0.05) is 51.8 Å². The molecule has 4 heteroatoms. The van der Waals surface area contributed by atoms with Crippen LogP contribution in [0.25, 0.3) is 0 Å². The molecule has 0 aromatic heterocycles. The van der Waals surface area contributed by atoms with Crippen LogP contribution in [0.4, 0.5) is 4.39 Å². The summed E-state index contributed by atoms with van der Waals surface area (Å²) in [5, 5.41) is 0. The lowest BCUT2D eigenvalue weighted by Gasteiger charge is -2.17. The second kappa shape index (κ2) is 6.97. The van der Waals surface area contributed by atoms with Crippen LogP contribution in [0.3, 0.4) is 0 Å². The number of hydrogen-bond donors (Lipinski definition) is 2. The topological polar surface area (TPSA) is 38.0 Å². The molecule has 2 nitrogen and oxygen atoms in total. The van der Waals surface area contributed by atoms with Gasteiger partial charge in [0.2, 0.25) is 0 Å². The number of aryl methyl sites for hydroxylation is 1. The van der Waals surface area contributed by atoms with Gasteiger partial charge in [0.15, 0.2) is 0 Å². The molecule has 0 saturated heterocycles. The third-order valence-corrected chi connectivity index (χ3v) is 3.77. The molecule has 0 fully saturated rings. The van der Waals surface area contributed by atoms with Crippen molar-refractivity contribution < 1.29 is 4.39 Å². The summed E-state index contributed by atoms with van der Waals surface area (Å²) >= 11 is 3.26. The van der Waals surface area contributed by atoms with Gasteiger partial charge in [-0.05, 0) is 43.0 Å². The van der Waals surface area contributed by atoms with E-state index in [1.165, 1.54) is 17.2 Å². The van der Waals surface area contributed by atoms with Crippen LogP contribution >= 0.6 is 15.9 Å². The molecule has 0 amide bonds. The maximum absolute atomic E-state index is 13.9. The van der Waals surface area contributed by atoms with E-state index < -0.39 is 0 Å². The minimum Gasteiger partial charge on any atom is -0.271 e. The molecule has 1 unspecified atom stereocenters. The summed E-state index contributed by atoms with van der Waals surface area (Å²) in [6.45, 7) is 2.06. The van der Waals surface area contributed by atoms with Gasteiger partial charge in [0, 0.05) is 10.5 Å². The van der Waals surface area contributed by atoms with Crippen molar-refractivity contribution in [1.29, 1.82) is 0 Å². The molecule has 0 saturated carbocycles. The maximum Gasteiger partial charge on any atom is 0.127 e. The largest absolute Gasteiger partial charge is 0.271 e. The minimum atomic E-state index is -0.205. The third kappa shape index (κ3) is 4.13. The summed E-state index contributed by atoms with van der Waals surface area (Å²) in [6, 6.07) is 13.4. The minimum absolute atomic E-state index is 0.00692. The molecule has 0 aliphatic rings. The van der Waals surface area contributed by atoms with E-state index >= 15 is 0 Å². The fraction of sp³-hybridized carbons (Fsp3) is 0.250. The lowest BCUT2D eigenvalue weighted by Crippen LogP contribution is -2.38. The van der Waals surface area contributed by atoms with Gasteiger partial charge in [-0.3, -0.25) is 11.3 Å². The smallest absolute Gasteiger partial charge is 0.127 e. The second-order valence-corrected chi connectivity index (χ2v) is 5.91. The zero-order valence-corrected chi connectivity index (χ0v) is 13.0. The highest BCUT2D eigenvalue weighted by Crippen LogP contribution is 2.17. The Morgan fingerprint density at radius 2 is 2.00 bits per heavy atom. The van der Waals surface area contributed by atoms with E-state index in [0.29, 0.717) is 12.0 Å². The predicted octanol–water partition coefficient (Wildman–Crippen LogP) is 3.51. The summed E-state index contributed by atoms with van der Waals surface area (Å²) in [6.07, 6.45) is 1.33. The monoisotopic (exact) mass is 336 g/mol. The van der Waals surface area contributed by atoms with Gasteiger partial charge in [0.25, 0.3) is 0 Å². The van der Waals surface area contributed by atoms with E-state index in [1.807, 2.05) is 12.1 Å². The number of rotatable bonds is 5. The van der Waals surface area contributed by atoms with Crippen LogP contribution in [0.1, 0.15) is 16.7 Å². The highest BCUT2D eigenvalue weighted by Gasteiger charge is 2.12. The summed E-state index contributed by atoms with van der Waals surface area (Å²) in [5.74, 6) is 5.40. The van der Waals surface area contributed by atoms with E-state index in [0.717, 1.165) is 10.9 Å². The molecule has 2 rings (SSSR count). The zero-order chi connectivity index (χ0) is 14.5. The van der Waals surface area contributed by atoms with Gasteiger partial charge in [-0.15, -0.1) is 0 Å². The predicted molar refractivity (Wildman–Crippen MR) is 83.8 cm³/mol. The number of halogens is 2. The van der Waals surface area contributed by atoms with Crippen LogP contribution in [0.15, 0.2) is 46.9 Å². The third-order valence-electron chi connectivity index (χ3n) is 3.28. The Morgan fingerprint density at radius 3 is 2.65 bits per heavy atom. The van der Waals surface area contributed by atoms with E-state index in [-0.39, 0.29) is 11.9 Å². The molecule has 3 N–H and O–H groups in total. The Hall–Kier alpha value is -1.23. The molecule has 0 radical (unpaired) electrons. The summed E-state index contributed by atoms with van der Waals surface area (Å²) in [7, 11) is 0. The Kier molecular flexibility index (Phi) is 5.29. The van der Waals surface area contributed by atoms with Gasteiger partial charge >= 0.3 is 0 Å². The highest BCUT2D eigenvalue weighted by molar-refractivity contribution is 9.10. The SMILES string of the molecule is Cc1cccc(CC(Cc2ccc(Br)cc2F)NN)c1. The molecule has 0 bridgehead atoms. The first-order chi connectivity index (χ1) is 9.58. The quantitative estimate of drug-likeness (QED) is 0.647. The molecule has 0 aliphatic heterocycles. The molecule has 2 aromatic carbocycles. The van der Waals surface area contributed by atoms with Gasteiger partial charge in [0.05, 0.1) is 0 Å². The van der Waals surface area contributed by atoms with Crippen molar-refractivity contribution in [2.75, 3.05) is 0 Å². The Morgan fingerprint density at radius 1 is 1.20 bits per heavy atom. The van der Waals surface area contributed by atoms with Crippen LogP contribution in [0, 0.1) is 12.7 Å². The van der Waals surface area contributed by atoms with Crippen molar-refractivity contribution in [1.82, 2.24) is 5.43 Å². The first-order valence-corrected chi connectivity index (χ1v) is 7.33. The molecule has 0 aliphatic carbocycles. The Bertz CT molecular complexity index is 586. The van der Waals surface area contributed by atoms with Gasteiger partial charge in [0.1, 0.15) is 5.82 Å². The molecule has 106 valence electrons. The number of nitrogens with one attached hydrogen (secondary N) is 1. The lowest BCUT2D eigenvalue weighted by molar-refractivity contribution is 0.506.